The zero-order chi connectivity index (χ0) is 15.6. The first kappa shape index (κ1) is 15.4. The molecule has 0 radical (unpaired) electrons. The van der Waals surface area contributed by atoms with Crippen LogP contribution < -0.4 is 0 Å². The van der Waals surface area contributed by atoms with Gasteiger partial charge in [-0.25, -0.2) is 4.39 Å². The second-order valence-electron chi connectivity index (χ2n) is 4.69. The number of aromatic nitrogens is 1. The van der Waals surface area contributed by atoms with Crippen LogP contribution >= 0.6 is 0 Å². The fraction of sp³-hybridized carbons (Fsp3) is 0.267. The number of hydrogen-bond donors (Lipinski definition) is 1. The molecule has 1 heterocycles. The summed E-state index contributed by atoms with van der Waals surface area (Å²) < 4.78 is 52.0. The maximum absolute atomic E-state index is 14.0. The van der Waals surface area contributed by atoms with Crippen molar-refractivity contribution < 1.29 is 22.7 Å². The molecule has 2 unspecified atom stereocenters. The molecule has 0 aliphatic heterocycles. The van der Waals surface area contributed by atoms with Gasteiger partial charge in [-0.15, -0.1) is 0 Å². The Balaban J connectivity index is 2.38. The molecule has 0 aliphatic carbocycles. The van der Waals surface area contributed by atoms with E-state index in [4.69, 9.17) is 0 Å². The largest absolute Gasteiger partial charge is 0.419 e. The van der Waals surface area contributed by atoms with E-state index in [1.807, 2.05) is 0 Å². The van der Waals surface area contributed by atoms with Gasteiger partial charge in [0, 0.05) is 23.4 Å². The summed E-state index contributed by atoms with van der Waals surface area (Å²) in [4.78, 5) is 4.02. The molecule has 1 N–H and O–H groups in total. The van der Waals surface area contributed by atoms with Crippen LogP contribution in [0.4, 0.5) is 17.6 Å². The maximum Gasteiger partial charge on any atom is 0.419 e. The van der Waals surface area contributed by atoms with E-state index in [1.165, 1.54) is 6.20 Å². The van der Waals surface area contributed by atoms with E-state index in [0.717, 1.165) is 12.1 Å². The number of aliphatic hydroxyl groups excluding tert-OH is 1. The third-order valence-corrected chi connectivity index (χ3v) is 3.28. The molecule has 2 aromatic rings. The molecule has 0 spiro atoms. The van der Waals surface area contributed by atoms with Crippen molar-refractivity contribution in [2.24, 2.45) is 0 Å². The fourth-order valence-corrected chi connectivity index (χ4v) is 2.07. The highest BCUT2D eigenvalue weighted by Gasteiger charge is 2.36. The number of benzene rings is 1. The van der Waals surface area contributed by atoms with Gasteiger partial charge >= 0.3 is 6.18 Å². The van der Waals surface area contributed by atoms with Crippen LogP contribution in [0, 0.1) is 5.82 Å². The summed E-state index contributed by atoms with van der Waals surface area (Å²) >= 11 is 0. The lowest BCUT2D eigenvalue weighted by atomic mass is 9.92. The Morgan fingerprint density at radius 1 is 1.10 bits per heavy atom. The van der Waals surface area contributed by atoms with Crippen molar-refractivity contribution in [2.45, 2.75) is 25.1 Å². The van der Waals surface area contributed by atoms with Crippen LogP contribution in [0.15, 0.2) is 42.6 Å². The average Bonchev–Trinajstić information content (AvgIpc) is 2.45. The molecule has 2 atom stereocenters. The van der Waals surface area contributed by atoms with Gasteiger partial charge in [0.05, 0.1) is 11.7 Å². The van der Waals surface area contributed by atoms with Crippen LogP contribution in [0.3, 0.4) is 0 Å². The highest BCUT2D eigenvalue weighted by atomic mass is 19.4. The number of hydrogen-bond acceptors (Lipinski definition) is 2. The average molecular weight is 299 g/mol. The third kappa shape index (κ3) is 3.21. The minimum Gasteiger partial charge on any atom is -0.388 e. The van der Waals surface area contributed by atoms with Crippen molar-refractivity contribution in [3.05, 3.63) is 65.2 Å². The summed E-state index contributed by atoms with van der Waals surface area (Å²) in [7, 11) is 0. The fourth-order valence-electron chi connectivity index (χ4n) is 2.07. The monoisotopic (exact) mass is 299 g/mol. The Morgan fingerprint density at radius 2 is 1.81 bits per heavy atom. The van der Waals surface area contributed by atoms with E-state index in [1.54, 1.807) is 25.1 Å². The number of halogens is 4. The topological polar surface area (TPSA) is 33.1 Å². The molecule has 0 amide bonds. The van der Waals surface area contributed by atoms with Crippen LogP contribution in [0.2, 0.25) is 0 Å². The normalized spacial score (nSPS) is 14.8. The van der Waals surface area contributed by atoms with Crippen LogP contribution in [0.25, 0.3) is 0 Å². The van der Waals surface area contributed by atoms with E-state index < -0.39 is 29.6 Å². The molecule has 0 fully saturated rings. The van der Waals surface area contributed by atoms with E-state index in [0.29, 0.717) is 11.8 Å². The van der Waals surface area contributed by atoms with Gasteiger partial charge < -0.3 is 5.11 Å². The number of rotatable bonds is 3. The Kier molecular flexibility index (Phi) is 4.27. The molecule has 1 aromatic heterocycles. The van der Waals surface area contributed by atoms with Gasteiger partial charge in [-0.2, -0.15) is 13.2 Å². The number of aliphatic hydroxyl groups is 1. The molecule has 21 heavy (non-hydrogen) atoms. The summed E-state index contributed by atoms with van der Waals surface area (Å²) in [6.07, 6.45) is -4.71. The molecule has 0 bridgehead atoms. The number of alkyl halides is 3. The first-order chi connectivity index (χ1) is 9.82. The highest BCUT2D eigenvalue weighted by molar-refractivity contribution is 5.31. The lowest BCUT2D eigenvalue weighted by Crippen LogP contribution is -2.15. The number of pyridine rings is 1. The molecule has 112 valence electrons. The first-order valence-electron chi connectivity index (χ1n) is 6.27. The zero-order valence-electron chi connectivity index (χ0n) is 11.1. The molecule has 6 heteroatoms. The summed E-state index contributed by atoms with van der Waals surface area (Å²) in [6, 6.07) is 7.86. The molecular formula is C15H13F4NO. The van der Waals surface area contributed by atoms with E-state index in [9.17, 15) is 22.7 Å². The molecule has 0 saturated heterocycles. The summed E-state index contributed by atoms with van der Waals surface area (Å²) in [6.45, 7) is 1.58. The van der Waals surface area contributed by atoms with Gasteiger partial charge in [-0.05, 0) is 18.2 Å². The summed E-state index contributed by atoms with van der Waals surface area (Å²) in [5, 5.41) is 10.2. The summed E-state index contributed by atoms with van der Waals surface area (Å²) in [5.41, 5.74) is -1.29. The molecule has 0 aliphatic rings. The van der Waals surface area contributed by atoms with Crippen molar-refractivity contribution in [1.82, 2.24) is 4.98 Å². The minimum atomic E-state index is -4.80. The second kappa shape index (κ2) is 5.81. The van der Waals surface area contributed by atoms with Crippen molar-refractivity contribution >= 4 is 0 Å². The van der Waals surface area contributed by atoms with Gasteiger partial charge in [-0.3, -0.25) is 4.98 Å². The van der Waals surface area contributed by atoms with Crippen LogP contribution in [0.5, 0.6) is 0 Å². The summed E-state index contributed by atoms with van der Waals surface area (Å²) in [5.74, 6) is -2.08. The Labute approximate surface area is 119 Å². The second-order valence-corrected chi connectivity index (χ2v) is 4.69. The Bertz CT molecular complexity index is 613. The minimum absolute atomic E-state index is 0.386. The van der Waals surface area contributed by atoms with Crippen molar-refractivity contribution in [1.29, 1.82) is 0 Å². The molecule has 1 aromatic carbocycles. The Morgan fingerprint density at radius 3 is 2.38 bits per heavy atom. The highest BCUT2D eigenvalue weighted by Crippen LogP contribution is 2.37. The molecular weight excluding hydrogens is 286 g/mol. The van der Waals surface area contributed by atoms with E-state index >= 15 is 0 Å². The van der Waals surface area contributed by atoms with Gasteiger partial charge in [0.15, 0.2) is 0 Å². The third-order valence-electron chi connectivity index (χ3n) is 3.28. The predicted octanol–water partition coefficient (Wildman–Crippen LogP) is 4.08. The Hall–Kier alpha value is -1.95. The van der Waals surface area contributed by atoms with E-state index in [2.05, 4.69) is 4.98 Å². The lowest BCUT2D eigenvalue weighted by Gasteiger charge is -2.20. The smallest absolute Gasteiger partial charge is 0.388 e. The van der Waals surface area contributed by atoms with E-state index in [-0.39, 0.29) is 5.56 Å². The number of nitrogens with zero attached hydrogens (tertiary/aromatic N) is 1. The van der Waals surface area contributed by atoms with Gasteiger partial charge in [0.1, 0.15) is 5.82 Å². The quantitative estimate of drug-likeness (QED) is 0.866. The van der Waals surface area contributed by atoms with Crippen LogP contribution in [-0.4, -0.2) is 10.1 Å². The molecule has 0 saturated carbocycles. The van der Waals surface area contributed by atoms with Crippen LogP contribution in [0.1, 0.15) is 35.8 Å². The maximum atomic E-state index is 14.0. The predicted molar refractivity (Wildman–Crippen MR) is 69.0 cm³/mol. The standard InChI is InChI=1S/C15H13F4NO/c1-9(12-7-2-3-8-20-12)14(21)10-5-4-6-11(13(10)16)15(17,18)19/h2-9,14,21H,1H3. The lowest BCUT2D eigenvalue weighted by molar-refractivity contribution is -0.140. The first-order valence-corrected chi connectivity index (χ1v) is 6.27. The van der Waals surface area contributed by atoms with Gasteiger partial charge in [0.2, 0.25) is 0 Å². The van der Waals surface area contributed by atoms with Crippen molar-refractivity contribution in [3.8, 4) is 0 Å². The van der Waals surface area contributed by atoms with Crippen LogP contribution in [-0.2, 0) is 6.18 Å². The molecule has 2 rings (SSSR count). The van der Waals surface area contributed by atoms with Gasteiger partial charge in [0.25, 0.3) is 0 Å². The van der Waals surface area contributed by atoms with Crippen molar-refractivity contribution in [3.63, 3.8) is 0 Å². The SMILES string of the molecule is CC(c1ccccn1)C(O)c1cccc(C(F)(F)F)c1F. The van der Waals surface area contributed by atoms with Gasteiger partial charge in [-0.1, -0.05) is 25.1 Å². The zero-order valence-corrected chi connectivity index (χ0v) is 11.1. The molecule has 2 nitrogen and oxygen atoms in total. The van der Waals surface area contributed by atoms with Crippen molar-refractivity contribution in [2.75, 3.05) is 0 Å².